The maximum absolute atomic E-state index is 12.2. The van der Waals surface area contributed by atoms with Gasteiger partial charge in [0.1, 0.15) is 0 Å². The number of hydrogen-bond acceptors (Lipinski definition) is 4. The third kappa shape index (κ3) is 9.54. The summed E-state index contributed by atoms with van der Waals surface area (Å²) in [6, 6.07) is 19.1. The van der Waals surface area contributed by atoms with Gasteiger partial charge in [0.2, 0.25) is 0 Å². The maximum Gasteiger partial charge on any atom is 0.303 e. The van der Waals surface area contributed by atoms with Gasteiger partial charge in [0, 0.05) is 41.0 Å². The molecule has 1 aromatic heterocycles. The Morgan fingerprint density at radius 2 is 1.53 bits per heavy atom. The molecule has 3 aromatic rings. The van der Waals surface area contributed by atoms with Crippen molar-refractivity contribution in [2.24, 2.45) is 0 Å². The largest absolute Gasteiger partial charge is 0.481 e. The summed E-state index contributed by atoms with van der Waals surface area (Å²) in [6.07, 6.45) is 7.54. The smallest absolute Gasteiger partial charge is 0.303 e. The zero-order chi connectivity index (χ0) is 23.2. The quantitative estimate of drug-likeness (QED) is 0.285. The topological polar surface area (TPSA) is 87.5 Å². The standard InChI is InChI=1S/C16H15NO3.C10H13BrO/c18-15(19)8-2-5-12-4-1-6-13(10-12)16(20)14-7-3-9-17-11-14;11-10-6-3-5-9(8-10)4-1-2-7-12/h1,3-4,6-7,9-11H,2,5,8H2,(H,18,19);3,5-6,8,12H,1-2,4,7H2. The van der Waals surface area contributed by atoms with Crippen LogP contribution in [0.3, 0.4) is 0 Å². The molecule has 32 heavy (non-hydrogen) atoms. The number of aliphatic carboxylic acids is 1. The number of ketones is 1. The van der Waals surface area contributed by atoms with E-state index in [2.05, 4.69) is 33.0 Å². The number of hydrogen-bond donors (Lipinski definition) is 2. The summed E-state index contributed by atoms with van der Waals surface area (Å²) in [6.45, 7) is 0.300. The molecular formula is C26H28BrNO4. The van der Waals surface area contributed by atoms with Crippen LogP contribution in [-0.4, -0.2) is 33.6 Å². The molecule has 0 atom stereocenters. The van der Waals surface area contributed by atoms with Gasteiger partial charge in [0.05, 0.1) is 0 Å². The van der Waals surface area contributed by atoms with Crippen molar-refractivity contribution in [1.82, 2.24) is 4.98 Å². The minimum Gasteiger partial charge on any atom is -0.481 e. The lowest BCUT2D eigenvalue weighted by Gasteiger charge is -2.04. The number of pyridine rings is 1. The molecule has 1 heterocycles. The lowest BCUT2D eigenvalue weighted by Crippen LogP contribution is -2.02. The molecular weight excluding hydrogens is 470 g/mol. The first-order valence-corrected chi connectivity index (χ1v) is 11.4. The summed E-state index contributed by atoms with van der Waals surface area (Å²) in [5.74, 6) is -0.870. The molecule has 0 radical (unpaired) electrons. The number of rotatable bonds is 10. The molecule has 3 rings (SSSR count). The van der Waals surface area contributed by atoms with Crippen molar-refractivity contribution in [2.45, 2.75) is 38.5 Å². The fourth-order valence-corrected chi connectivity index (χ4v) is 3.56. The third-order valence-electron chi connectivity index (χ3n) is 4.73. The predicted octanol–water partition coefficient (Wildman–Crippen LogP) is 5.48. The zero-order valence-corrected chi connectivity index (χ0v) is 19.5. The number of halogens is 1. The lowest BCUT2D eigenvalue weighted by molar-refractivity contribution is -0.137. The first-order chi connectivity index (χ1) is 15.5. The SMILES string of the molecule is O=C(O)CCCc1cccc(C(=O)c2cccnc2)c1.OCCCCc1cccc(Br)c1. The van der Waals surface area contributed by atoms with E-state index < -0.39 is 5.97 Å². The number of aliphatic hydroxyl groups is 1. The number of carbonyl (C=O) groups excluding carboxylic acids is 1. The third-order valence-corrected chi connectivity index (χ3v) is 5.22. The summed E-state index contributed by atoms with van der Waals surface area (Å²) in [5, 5.41) is 17.2. The van der Waals surface area contributed by atoms with E-state index >= 15 is 0 Å². The molecule has 0 saturated heterocycles. The Labute approximate surface area is 197 Å². The average Bonchev–Trinajstić information content (AvgIpc) is 2.80. The van der Waals surface area contributed by atoms with Crippen LogP contribution in [0.15, 0.2) is 77.5 Å². The highest BCUT2D eigenvalue weighted by atomic mass is 79.9. The van der Waals surface area contributed by atoms with Gasteiger partial charge in [-0.3, -0.25) is 14.6 Å². The van der Waals surface area contributed by atoms with Crippen molar-refractivity contribution in [1.29, 1.82) is 0 Å². The van der Waals surface area contributed by atoms with Crippen molar-refractivity contribution in [3.05, 3.63) is 99.8 Å². The summed E-state index contributed by atoms with van der Waals surface area (Å²) in [7, 11) is 0. The monoisotopic (exact) mass is 497 g/mol. The molecule has 0 unspecified atom stereocenters. The van der Waals surface area contributed by atoms with Crippen LogP contribution < -0.4 is 0 Å². The van der Waals surface area contributed by atoms with Crippen LogP contribution in [0, 0.1) is 0 Å². The molecule has 0 aliphatic carbocycles. The Kier molecular flexibility index (Phi) is 11.3. The number of benzene rings is 2. The Balaban J connectivity index is 0.000000258. The Hall–Kier alpha value is -2.83. The first kappa shape index (κ1) is 25.4. The van der Waals surface area contributed by atoms with Gasteiger partial charge in [0.15, 0.2) is 5.78 Å². The second kappa shape index (κ2) is 14.3. The number of aliphatic hydroxyl groups excluding tert-OH is 1. The van der Waals surface area contributed by atoms with E-state index in [1.165, 1.54) is 5.56 Å². The molecule has 0 spiro atoms. The number of aryl methyl sites for hydroxylation is 2. The van der Waals surface area contributed by atoms with Crippen LogP contribution in [0.2, 0.25) is 0 Å². The molecule has 0 aliphatic rings. The summed E-state index contributed by atoms with van der Waals surface area (Å²) >= 11 is 3.42. The van der Waals surface area contributed by atoms with Crippen LogP contribution in [-0.2, 0) is 17.6 Å². The molecule has 0 bridgehead atoms. The van der Waals surface area contributed by atoms with E-state index in [1.807, 2.05) is 30.3 Å². The van der Waals surface area contributed by atoms with Gasteiger partial charge in [-0.1, -0.05) is 46.3 Å². The van der Waals surface area contributed by atoms with Gasteiger partial charge in [-0.2, -0.15) is 0 Å². The van der Waals surface area contributed by atoms with E-state index in [0.717, 1.165) is 29.3 Å². The van der Waals surface area contributed by atoms with E-state index in [4.69, 9.17) is 10.2 Å². The summed E-state index contributed by atoms with van der Waals surface area (Å²) in [5.41, 5.74) is 3.46. The summed E-state index contributed by atoms with van der Waals surface area (Å²) in [4.78, 5) is 26.7. The Bertz CT molecular complexity index is 992. The highest BCUT2D eigenvalue weighted by molar-refractivity contribution is 9.10. The van der Waals surface area contributed by atoms with Gasteiger partial charge in [-0.15, -0.1) is 0 Å². The second-order valence-corrected chi connectivity index (χ2v) is 8.24. The molecule has 0 saturated carbocycles. The Morgan fingerprint density at radius 1 is 0.844 bits per heavy atom. The zero-order valence-electron chi connectivity index (χ0n) is 17.9. The molecule has 168 valence electrons. The fraction of sp³-hybridized carbons (Fsp3) is 0.269. The molecule has 5 nitrogen and oxygen atoms in total. The normalized spacial score (nSPS) is 10.2. The van der Waals surface area contributed by atoms with Crippen molar-refractivity contribution < 1.29 is 19.8 Å². The molecule has 0 amide bonds. The van der Waals surface area contributed by atoms with Crippen molar-refractivity contribution in [2.75, 3.05) is 6.61 Å². The van der Waals surface area contributed by atoms with Gasteiger partial charge in [0.25, 0.3) is 0 Å². The minimum atomic E-state index is -0.799. The maximum atomic E-state index is 12.2. The highest BCUT2D eigenvalue weighted by Crippen LogP contribution is 2.14. The fourth-order valence-electron chi connectivity index (χ4n) is 3.11. The number of carboxylic acids is 1. The Morgan fingerprint density at radius 3 is 2.19 bits per heavy atom. The number of carbonyl (C=O) groups is 2. The van der Waals surface area contributed by atoms with Crippen LogP contribution in [0.1, 0.15) is 52.7 Å². The molecule has 6 heteroatoms. The summed E-state index contributed by atoms with van der Waals surface area (Å²) < 4.78 is 1.13. The van der Waals surface area contributed by atoms with E-state index in [9.17, 15) is 9.59 Å². The van der Waals surface area contributed by atoms with E-state index in [-0.39, 0.29) is 12.2 Å². The lowest BCUT2D eigenvalue weighted by atomic mass is 10.0. The van der Waals surface area contributed by atoms with Crippen molar-refractivity contribution >= 4 is 27.7 Å². The number of unbranched alkanes of at least 4 members (excludes halogenated alkanes) is 1. The highest BCUT2D eigenvalue weighted by Gasteiger charge is 2.09. The van der Waals surface area contributed by atoms with Gasteiger partial charge >= 0.3 is 5.97 Å². The predicted molar refractivity (Wildman–Crippen MR) is 129 cm³/mol. The number of aromatic nitrogens is 1. The van der Waals surface area contributed by atoms with Crippen LogP contribution in [0.25, 0.3) is 0 Å². The van der Waals surface area contributed by atoms with E-state index in [0.29, 0.717) is 30.6 Å². The molecule has 2 aromatic carbocycles. The van der Waals surface area contributed by atoms with Crippen LogP contribution in [0.4, 0.5) is 0 Å². The number of carboxylic acid groups (broad SMARTS) is 1. The van der Waals surface area contributed by atoms with Crippen molar-refractivity contribution in [3.8, 4) is 0 Å². The molecule has 2 N–H and O–H groups in total. The van der Waals surface area contributed by atoms with Gasteiger partial charge < -0.3 is 10.2 Å². The number of nitrogens with zero attached hydrogens (tertiary/aromatic N) is 1. The average molecular weight is 498 g/mol. The minimum absolute atomic E-state index is 0.0711. The second-order valence-electron chi connectivity index (χ2n) is 7.33. The first-order valence-electron chi connectivity index (χ1n) is 10.6. The van der Waals surface area contributed by atoms with Crippen LogP contribution >= 0.6 is 15.9 Å². The molecule has 0 aliphatic heterocycles. The van der Waals surface area contributed by atoms with E-state index in [1.54, 1.807) is 30.6 Å². The van der Waals surface area contributed by atoms with Crippen molar-refractivity contribution in [3.63, 3.8) is 0 Å². The molecule has 0 fully saturated rings. The van der Waals surface area contributed by atoms with Crippen LogP contribution in [0.5, 0.6) is 0 Å². The van der Waals surface area contributed by atoms with Gasteiger partial charge in [-0.25, -0.2) is 0 Å². The van der Waals surface area contributed by atoms with Gasteiger partial charge in [-0.05, 0) is 73.6 Å².